The van der Waals surface area contributed by atoms with Crippen LogP contribution in [0.1, 0.15) is 43.1 Å². The largest absolute Gasteiger partial charge is 0.379 e. The Morgan fingerprint density at radius 2 is 2.11 bits per heavy atom. The number of rotatable bonds is 8. The van der Waals surface area contributed by atoms with Gasteiger partial charge in [0, 0.05) is 29.5 Å². The third-order valence-electron chi connectivity index (χ3n) is 4.57. The van der Waals surface area contributed by atoms with Gasteiger partial charge >= 0.3 is 0 Å². The van der Waals surface area contributed by atoms with Crippen molar-refractivity contribution in [3.05, 3.63) is 41.0 Å². The Morgan fingerprint density at radius 1 is 1.30 bits per heavy atom. The van der Waals surface area contributed by atoms with Crippen LogP contribution >= 0.6 is 15.9 Å². The third kappa shape index (κ3) is 5.85. The second-order valence-electron chi connectivity index (χ2n) is 6.51. The highest BCUT2D eigenvalue weighted by atomic mass is 79.9. The molecule has 1 N–H and O–H groups in total. The minimum Gasteiger partial charge on any atom is -0.379 e. The average molecular weight is 437 g/mol. The van der Waals surface area contributed by atoms with Crippen LogP contribution in [0.2, 0.25) is 0 Å². The molecule has 0 radical (unpaired) electrons. The van der Waals surface area contributed by atoms with Crippen LogP contribution in [0.15, 0.2) is 35.3 Å². The molecular weight excluding hydrogens is 412 g/mol. The maximum Gasteiger partial charge on any atom is 0.270 e. The van der Waals surface area contributed by atoms with E-state index in [9.17, 15) is 4.79 Å². The summed E-state index contributed by atoms with van der Waals surface area (Å²) in [4.78, 5) is 21.1. The van der Waals surface area contributed by atoms with Gasteiger partial charge in [-0.05, 0) is 44.7 Å². The summed E-state index contributed by atoms with van der Waals surface area (Å²) in [5.74, 6) is 0.497. The first kappa shape index (κ1) is 20.0. The average Bonchev–Trinajstić information content (AvgIpc) is 3.21. The molecule has 1 amide bonds. The Balaban J connectivity index is 1.51. The first-order valence-corrected chi connectivity index (χ1v) is 10.1. The smallest absolute Gasteiger partial charge is 0.270 e. The van der Waals surface area contributed by atoms with Crippen LogP contribution in [0.4, 0.5) is 0 Å². The third-order valence-corrected chi connectivity index (χ3v) is 5.03. The van der Waals surface area contributed by atoms with E-state index in [1.54, 1.807) is 29.4 Å². The molecule has 1 fully saturated rings. The second-order valence-corrected chi connectivity index (χ2v) is 7.43. The minimum atomic E-state index is -0.154. The van der Waals surface area contributed by atoms with Crippen molar-refractivity contribution in [1.29, 1.82) is 0 Å². The number of nitrogens with zero attached hydrogens (tertiary/aromatic N) is 3. The van der Waals surface area contributed by atoms with Gasteiger partial charge in [-0.15, -0.1) is 0 Å². The number of amides is 1. The Kier molecular flexibility index (Phi) is 7.37. The molecule has 7 nitrogen and oxygen atoms in total. The molecule has 0 spiro atoms. The molecule has 0 aliphatic heterocycles. The standard InChI is InChI=1S/C19H25BrN4O3/c1-2-26-9-10-27-16-5-3-15(4-6-16)22-19(25)17-11-14(20)12-18(23-17)24-8-7-21-13-24/h7-8,11-13,15-16H,2-6,9-10H2,1H3,(H,22,25). The first-order chi connectivity index (χ1) is 13.2. The molecule has 0 atom stereocenters. The normalized spacial score (nSPS) is 19.8. The fourth-order valence-corrected chi connectivity index (χ4v) is 3.60. The number of aromatic nitrogens is 3. The summed E-state index contributed by atoms with van der Waals surface area (Å²) in [6, 6.07) is 3.74. The number of nitrogens with one attached hydrogen (secondary N) is 1. The van der Waals surface area contributed by atoms with Crippen molar-refractivity contribution in [2.45, 2.75) is 44.8 Å². The Bertz CT molecular complexity index is 731. The summed E-state index contributed by atoms with van der Waals surface area (Å²) in [6.07, 6.45) is 9.10. The van der Waals surface area contributed by atoms with Crippen LogP contribution < -0.4 is 5.32 Å². The molecule has 1 aliphatic rings. The Morgan fingerprint density at radius 3 is 2.81 bits per heavy atom. The van der Waals surface area contributed by atoms with Crippen LogP contribution in [0, 0.1) is 0 Å². The van der Waals surface area contributed by atoms with Gasteiger partial charge in [0.25, 0.3) is 5.91 Å². The molecule has 27 heavy (non-hydrogen) atoms. The van der Waals surface area contributed by atoms with Gasteiger partial charge in [-0.1, -0.05) is 15.9 Å². The van der Waals surface area contributed by atoms with Gasteiger partial charge in [0.05, 0.1) is 19.3 Å². The van der Waals surface area contributed by atoms with E-state index in [2.05, 4.69) is 31.2 Å². The van der Waals surface area contributed by atoms with E-state index in [4.69, 9.17) is 9.47 Å². The molecule has 1 aliphatic carbocycles. The number of hydrogen-bond acceptors (Lipinski definition) is 5. The number of hydrogen-bond donors (Lipinski definition) is 1. The summed E-state index contributed by atoms with van der Waals surface area (Å²) in [5.41, 5.74) is 0.392. The monoisotopic (exact) mass is 436 g/mol. The van der Waals surface area contributed by atoms with Crippen molar-refractivity contribution in [1.82, 2.24) is 19.9 Å². The number of carbonyl (C=O) groups excluding carboxylic acids is 1. The fourth-order valence-electron chi connectivity index (χ4n) is 3.18. The molecule has 2 aromatic rings. The molecule has 2 heterocycles. The molecule has 0 saturated heterocycles. The van der Waals surface area contributed by atoms with Gasteiger partial charge in [-0.2, -0.15) is 0 Å². The van der Waals surface area contributed by atoms with Gasteiger partial charge in [-0.3, -0.25) is 9.36 Å². The molecule has 0 aromatic carbocycles. The van der Waals surface area contributed by atoms with Crippen molar-refractivity contribution < 1.29 is 14.3 Å². The van der Waals surface area contributed by atoms with E-state index in [1.165, 1.54) is 0 Å². The number of carbonyl (C=O) groups is 1. The van der Waals surface area contributed by atoms with E-state index >= 15 is 0 Å². The van der Waals surface area contributed by atoms with Gasteiger partial charge in [0.2, 0.25) is 0 Å². The first-order valence-electron chi connectivity index (χ1n) is 9.32. The van der Waals surface area contributed by atoms with Gasteiger partial charge in [0.15, 0.2) is 0 Å². The quantitative estimate of drug-likeness (QED) is 0.643. The highest BCUT2D eigenvalue weighted by Crippen LogP contribution is 2.22. The van der Waals surface area contributed by atoms with E-state index in [1.807, 2.05) is 13.0 Å². The molecule has 1 saturated carbocycles. The number of ether oxygens (including phenoxy) is 2. The number of imidazole rings is 1. The Hall–Kier alpha value is -1.77. The second kappa shape index (κ2) is 9.96. The maximum atomic E-state index is 12.6. The summed E-state index contributed by atoms with van der Waals surface area (Å²) >= 11 is 3.45. The molecule has 0 unspecified atom stereocenters. The lowest BCUT2D eigenvalue weighted by atomic mass is 9.93. The zero-order valence-electron chi connectivity index (χ0n) is 15.4. The van der Waals surface area contributed by atoms with Crippen LogP contribution in [-0.4, -0.2) is 52.4 Å². The molecule has 3 rings (SSSR count). The Labute approximate surface area is 167 Å². The lowest BCUT2D eigenvalue weighted by Gasteiger charge is -2.29. The van der Waals surface area contributed by atoms with E-state index in [0.29, 0.717) is 31.3 Å². The van der Waals surface area contributed by atoms with Crippen molar-refractivity contribution in [3.63, 3.8) is 0 Å². The van der Waals surface area contributed by atoms with E-state index in [0.717, 1.165) is 30.2 Å². The topological polar surface area (TPSA) is 78.3 Å². The summed E-state index contributed by atoms with van der Waals surface area (Å²) < 4.78 is 13.7. The molecule has 8 heteroatoms. The summed E-state index contributed by atoms with van der Waals surface area (Å²) in [7, 11) is 0. The summed E-state index contributed by atoms with van der Waals surface area (Å²) in [6.45, 7) is 3.97. The zero-order valence-corrected chi connectivity index (χ0v) is 17.0. The van der Waals surface area contributed by atoms with E-state index in [-0.39, 0.29) is 18.1 Å². The number of halogens is 1. The SMILES string of the molecule is CCOCCOC1CCC(NC(=O)c2cc(Br)cc(-n3ccnc3)n2)CC1. The maximum absolute atomic E-state index is 12.6. The lowest BCUT2D eigenvalue weighted by Crippen LogP contribution is -2.39. The molecular formula is C19H25BrN4O3. The highest BCUT2D eigenvalue weighted by molar-refractivity contribution is 9.10. The fraction of sp³-hybridized carbons (Fsp3) is 0.526. The number of pyridine rings is 1. The summed E-state index contributed by atoms with van der Waals surface area (Å²) in [5, 5.41) is 3.10. The molecule has 2 aromatic heterocycles. The lowest BCUT2D eigenvalue weighted by molar-refractivity contribution is -0.0113. The molecule has 146 valence electrons. The van der Waals surface area contributed by atoms with E-state index < -0.39 is 0 Å². The predicted molar refractivity (Wildman–Crippen MR) is 105 cm³/mol. The minimum absolute atomic E-state index is 0.154. The van der Waals surface area contributed by atoms with Gasteiger partial charge < -0.3 is 14.8 Å². The predicted octanol–water partition coefficient (Wildman–Crippen LogP) is 3.12. The van der Waals surface area contributed by atoms with Crippen molar-refractivity contribution in [2.75, 3.05) is 19.8 Å². The van der Waals surface area contributed by atoms with Gasteiger partial charge in [-0.25, -0.2) is 9.97 Å². The van der Waals surface area contributed by atoms with Crippen LogP contribution in [0.3, 0.4) is 0 Å². The highest BCUT2D eigenvalue weighted by Gasteiger charge is 2.24. The van der Waals surface area contributed by atoms with Crippen molar-refractivity contribution in [2.24, 2.45) is 0 Å². The van der Waals surface area contributed by atoms with Crippen LogP contribution in [-0.2, 0) is 9.47 Å². The zero-order chi connectivity index (χ0) is 19.1. The van der Waals surface area contributed by atoms with Gasteiger partial charge in [0.1, 0.15) is 17.8 Å². The molecule has 0 bridgehead atoms. The van der Waals surface area contributed by atoms with Crippen molar-refractivity contribution in [3.8, 4) is 5.82 Å². The van der Waals surface area contributed by atoms with Crippen LogP contribution in [0.25, 0.3) is 5.82 Å². The van der Waals surface area contributed by atoms with Crippen LogP contribution in [0.5, 0.6) is 0 Å². The van der Waals surface area contributed by atoms with Crippen molar-refractivity contribution >= 4 is 21.8 Å².